The summed E-state index contributed by atoms with van der Waals surface area (Å²) in [5.74, 6) is -1.13. The lowest BCUT2D eigenvalue weighted by Gasteiger charge is -1.82. The lowest BCUT2D eigenvalue weighted by atomic mass is 10.5. The van der Waals surface area contributed by atoms with Gasteiger partial charge in [-0.2, -0.15) is 0 Å². The molecule has 8 heavy (non-hydrogen) atoms. The van der Waals surface area contributed by atoms with Gasteiger partial charge in [-0.15, -0.1) is 0 Å². The van der Waals surface area contributed by atoms with Gasteiger partial charge < -0.3 is 5.11 Å². The molecule has 0 aliphatic carbocycles. The van der Waals surface area contributed by atoms with Gasteiger partial charge in [0.05, 0.1) is 0 Å². The zero-order chi connectivity index (χ0) is 6.57. The maximum atomic E-state index is 9.84. The topological polar surface area (TPSA) is 37.3 Å². The van der Waals surface area contributed by atoms with E-state index in [2.05, 4.69) is 6.58 Å². The summed E-state index contributed by atoms with van der Waals surface area (Å²) in [6, 6.07) is 0. The van der Waals surface area contributed by atoms with E-state index >= 15 is 0 Å². The molecule has 1 N–H and O–H groups in total. The van der Waals surface area contributed by atoms with Crippen LogP contribution in [0.1, 0.15) is 0 Å². The second kappa shape index (κ2) is 3.27. The zero-order valence-electron chi connectivity index (χ0n) is 4.10. The molecule has 0 heterocycles. The molecule has 44 valence electrons. The van der Waals surface area contributed by atoms with Gasteiger partial charge in [0.25, 0.3) is 0 Å². The quantitative estimate of drug-likeness (QED) is 0.455. The summed E-state index contributed by atoms with van der Waals surface area (Å²) < 4.78 is 0. The molecule has 0 spiro atoms. The van der Waals surface area contributed by atoms with Crippen LogP contribution in [0.2, 0.25) is 0 Å². The first kappa shape index (κ1) is 7.24. The predicted molar refractivity (Wildman–Crippen MR) is 31.8 cm³/mol. The Hall–Kier alpha value is -0.760. The van der Waals surface area contributed by atoms with Gasteiger partial charge in [-0.1, -0.05) is 24.3 Å². The highest BCUT2D eigenvalue weighted by atomic mass is 35.5. The molecule has 0 aliphatic rings. The number of allylic oxidation sites excluding steroid dienone is 2. The van der Waals surface area contributed by atoms with Crippen molar-refractivity contribution >= 4 is 17.6 Å². The summed E-state index contributed by atoms with van der Waals surface area (Å²) in [5.41, 5.74) is 0. The fraction of sp³-hybridized carbons (Fsp3) is 0. The average Bonchev–Trinajstić information content (AvgIpc) is 1.67. The summed E-state index contributed by atoms with van der Waals surface area (Å²) in [6.07, 6.45) is 2.53. The van der Waals surface area contributed by atoms with Crippen LogP contribution in [0.4, 0.5) is 0 Å². The number of halogens is 1. The SMILES string of the molecule is C=CC=C(Cl)C(=O)O. The van der Waals surface area contributed by atoms with E-state index in [0.29, 0.717) is 0 Å². The van der Waals surface area contributed by atoms with Crippen molar-refractivity contribution in [1.29, 1.82) is 0 Å². The molecule has 0 amide bonds. The van der Waals surface area contributed by atoms with E-state index in [1.807, 2.05) is 0 Å². The Morgan fingerprint density at radius 3 is 2.38 bits per heavy atom. The van der Waals surface area contributed by atoms with Gasteiger partial charge in [-0.25, -0.2) is 4.79 Å². The van der Waals surface area contributed by atoms with Crippen molar-refractivity contribution in [2.45, 2.75) is 0 Å². The standard InChI is InChI=1S/C5H5ClO2/c1-2-3-4(6)5(7)8/h2-3H,1H2,(H,7,8). The van der Waals surface area contributed by atoms with E-state index in [-0.39, 0.29) is 5.03 Å². The third kappa shape index (κ3) is 2.42. The van der Waals surface area contributed by atoms with Crippen LogP contribution >= 0.6 is 11.6 Å². The molecule has 0 aromatic carbocycles. The van der Waals surface area contributed by atoms with Crippen LogP contribution in [-0.4, -0.2) is 11.1 Å². The molecule has 0 fully saturated rings. The molecule has 0 aliphatic heterocycles. The van der Waals surface area contributed by atoms with Gasteiger partial charge in [-0.3, -0.25) is 0 Å². The van der Waals surface area contributed by atoms with E-state index in [1.54, 1.807) is 0 Å². The Labute approximate surface area is 52.1 Å². The monoisotopic (exact) mass is 132 g/mol. The molecule has 2 nitrogen and oxygen atoms in total. The fourth-order valence-corrected chi connectivity index (χ4v) is 0.264. The highest BCUT2D eigenvalue weighted by Crippen LogP contribution is 1.99. The first-order valence-corrected chi connectivity index (χ1v) is 2.27. The van der Waals surface area contributed by atoms with Gasteiger partial charge in [0.15, 0.2) is 0 Å². The Morgan fingerprint density at radius 1 is 1.75 bits per heavy atom. The van der Waals surface area contributed by atoms with Crippen molar-refractivity contribution in [1.82, 2.24) is 0 Å². The van der Waals surface area contributed by atoms with E-state index < -0.39 is 5.97 Å². The molecule has 3 heteroatoms. The minimum absolute atomic E-state index is 0.222. The minimum Gasteiger partial charge on any atom is -0.477 e. The number of carboxylic acid groups (broad SMARTS) is 1. The Balaban J connectivity index is 3.99. The van der Waals surface area contributed by atoms with Gasteiger partial charge in [-0.05, 0) is 6.08 Å². The zero-order valence-corrected chi connectivity index (χ0v) is 4.85. The van der Waals surface area contributed by atoms with Gasteiger partial charge >= 0.3 is 5.97 Å². The number of rotatable bonds is 2. The molecule has 0 saturated heterocycles. The number of carboxylic acids is 1. The Bertz CT molecular complexity index is 137. The van der Waals surface area contributed by atoms with Crippen molar-refractivity contribution < 1.29 is 9.90 Å². The molecule has 0 bridgehead atoms. The lowest BCUT2D eigenvalue weighted by molar-refractivity contribution is -0.131. The summed E-state index contributed by atoms with van der Waals surface area (Å²) in [7, 11) is 0. The molecule has 0 rings (SSSR count). The average molecular weight is 133 g/mol. The maximum absolute atomic E-state index is 9.84. The second-order valence-electron chi connectivity index (χ2n) is 1.06. The minimum atomic E-state index is -1.13. The normalized spacial score (nSPS) is 10.9. The second-order valence-corrected chi connectivity index (χ2v) is 1.46. The van der Waals surface area contributed by atoms with Gasteiger partial charge in [0.2, 0.25) is 0 Å². The first-order chi connectivity index (χ1) is 3.68. The molecule has 0 radical (unpaired) electrons. The number of carbonyl (C=O) groups is 1. The summed E-state index contributed by atoms with van der Waals surface area (Å²) in [5, 5.41) is 7.84. The van der Waals surface area contributed by atoms with Gasteiger partial charge in [0.1, 0.15) is 5.03 Å². The van der Waals surface area contributed by atoms with Gasteiger partial charge in [0, 0.05) is 0 Å². The third-order valence-electron chi connectivity index (χ3n) is 0.468. The van der Waals surface area contributed by atoms with E-state index in [4.69, 9.17) is 16.7 Å². The highest BCUT2D eigenvalue weighted by molar-refractivity contribution is 6.41. The van der Waals surface area contributed by atoms with Crippen LogP contribution in [0.5, 0.6) is 0 Å². The molecule has 0 saturated carbocycles. The smallest absolute Gasteiger partial charge is 0.347 e. The summed E-state index contributed by atoms with van der Waals surface area (Å²) >= 11 is 5.11. The molecule has 0 atom stereocenters. The fourth-order valence-electron chi connectivity index (χ4n) is 0.175. The van der Waals surface area contributed by atoms with Crippen molar-refractivity contribution in [2.75, 3.05) is 0 Å². The Morgan fingerprint density at radius 2 is 2.25 bits per heavy atom. The van der Waals surface area contributed by atoms with E-state index in [9.17, 15) is 4.79 Å². The first-order valence-electron chi connectivity index (χ1n) is 1.90. The molecule has 0 unspecified atom stereocenters. The van der Waals surface area contributed by atoms with E-state index in [0.717, 1.165) is 0 Å². The van der Waals surface area contributed by atoms with Crippen LogP contribution in [0.15, 0.2) is 23.8 Å². The van der Waals surface area contributed by atoms with E-state index in [1.165, 1.54) is 12.2 Å². The summed E-state index contributed by atoms with van der Waals surface area (Å²) in [6.45, 7) is 3.26. The van der Waals surface area contributed by atoms with Crippen LogP contribution in [-0.2, 0) is 4.79 Å². The molecule has 0 aromatic heterocycles. The van der Waals surface area contributed by atoms with Crippen LogP contribution in [0.3, 0.4) is 0 Å². The van der Waals surface area contributed by atoms with Crippen LogP contribution in [0.25, 0.3) is 0 Å². The third-order valence-corrected chi connectivity index (χ3v) is 0.756. The van der Waals surface area contributed by atoms with Crippen molar-refractivity contribution in [3.63, 3.8) is 0 Å². The largest absolute Gasteiger partial charge is 0.477 e. The maximum Gasteiger partial charge on any atom is 0.347 e. The molecular weight excluding hydrogens is 128 g/mol. The van der Waals surface area contributed by atoms with Crippen molar-refractivity contribution in [3.8, 4) is 0 Å². The lowest BCUT2D eigenvalue weighted by Crippen LogP contribution is -1.91. The number of aliphatic carboxylic acids is 1. The molecule has 0 aromatic rings. The highest BCUT2D eigenvalue weighted by Gasteiger charge is 1.97. The Kier molecular flexibility index (Phi) is 2.96. The van der Waals surface area contributed by atoms with Crippen LogP contribution in [0, 0.1) is 0 Å². The number of hydrogen-bond acceptors (Lipinski definition) is 1. The molecular formula is C5H5ClO2. The van der Waals surface area contributed by atoms with Crippen molar-refractivity contribution in [2.24, 2.45) is 0 Å². The number of hydrogen-bond donors (Lipinski definition) is 1. The summed E-state index contributed by atoms with van der Waals surface area (Å²) in [4.78, 5) is 9.84. The predicted octanol–water partition coefficient (Wildman–Crippen LogP) is 1.38. The van der Waals surface area contributed by atoms with Crippen molar-refractivity contribution in [3.05, 3.63) is 23.8 Å². The van der Waals surface area contributed by atoms with Crippen LogP contribution < -0.4 is 0 Å².